The highest BCUT2D eigenvalue weighted by atomic mass is 32.1. The molecule has 2 aromatic heterocycles. The van der Waals surface area contributed by atoms with Crippen molar-refractivity contribution in [3.63, 3.8) is 0 Å². The molecular formula is C11H7N3S. The van der Waals surface area contributed by atoms with Gasteiger partial charge < -0.3 is 0 Å². The van der Waals surface area contributed by atoms with Crippen LogP contribution in [0.15, 0.2) is 42.6 Å². The van der Waals surface area contributed by atoms with Gasteiger partial charge in [0.15, 0.2) is 0 Å². The largest absolute Gasteiger partial charge is 0.139 e. The fourth-order valence-corrected chi connectivity index (χ4v) is 2.51. The van der Waals surface area contributed by atoms with Crippen LogP contribution in [0.4, 0.5) is 0 Å². The summed E-state index contributed by atoms with van der Waals surface area (Å²) in [5.41, 5.74) is 0.881. The molecule has 0 fully saturated rings. The molecule has 2 heterocycles. The number of thiophene rings is 1. The molecule has 0 radical (unpaired) electrons. The third-order valence-electron chi connectivity index (χ3n) is 2.18. The Labute approximate surface area is 90.4 Å². The SMILES string of the molecule is c1ccc2sc(-c3ccnnn3)cc2c1. The molecule has 3 nitrogen and oxygen atoms in total. The highest BCUT2D eigenvalue weighted by Crippen LogP contribution is 2.31. The van der Waals surface area contributed by atoms with Crippen molar-refractivity contribution in [3.05, 3.63) is 42.6 Å². The van der Waals surface area contributed by atoms with E-state index < -0.39 is 0 Å². The zero-order valence-corrected chi connectivity index (χ0v) is 8.61. The van der Waals surface area contributed by atoms with E-state index in [0.717, 1.165) is 10.6 Å². The highest BCUT2D eigenvalue weighted by Gasteiger charge is 2.04. The molecule has 0 aliphatic rings. The maximum absolute atomic E-state index is 3.99. The zero-order valence-electron chi connectivity index (χ0n) is 7.79. The molecule has 0 N–H and O–H groups in total. The maximum Gasteiger partial charge on any atom is 0.106 e. The molecule has 0 bridgehead atoms. The maximum atomic E-state index is 3.99. The van der Waals surface area contributed by atoms with Crippen LogP contribution in [0.1, 0.15) is 0 Å². The molecule has 0 saturated carbocycles. The lowest BCUT2D eigenvalue weighted by molar-refractivity contribution is 0.872. The van der Waals surface area contributed by atoms with Crippen molar-refractivity contribution in [2.75, 3.05) is 0 Å². The smallest absolute Gasteiger partial charge is 0.106 e. The highest BCUT2D eigenvalue weighted by molar-refractivity contribution is 7.22. The standard InChI is InChI=1S/C11H7N3S/c1-2-4-10-8(3-1)7-11(15-10)9-5-6-12-14-13-9/h1-7H. The van der Waals surface area contributed by atoms with Gasteiger partial charge in [-0.25, -0.2) is 0 Å². The summed E-state index contributed by atoms with van der Waals surface area (Å²) < 4.78 is 1.27. The molecule has 0 aliphatic heterocycles. The second kappa shape index (κ2) is 3.40. The number of nitrogens with zero attached hydrogens (tertiary/aromatic N) is 3. The summed E-state index contributed by atoms with van der Waals surface area (Å²) in [6.45, 7) is 0. The molecule has 0 atom stereocenters. The molecule has 4 heteroatoms. The minimum absolute atomic E-state index is 0.881. The molecule has 0 unspecified atom stereocenters. The molecule has 72 valence electrons. The predicted octanol–water partition coefficient (Wildman–Crippen LogP) is 2.75. The van der Waals surface area contributed by atoms with Crippen LogP contribution in [0.3, 0.4) is 0 Å². The third kappa shape index (κ3) is 1.49. The molecule has 1 aromatic carbocycles. The van der Waals surface area contributed by atoms with E-state index in [2.05, 4.69) is 33.6 Å². The summed E-state index contributed by atoms with van der Waals surface area (Å²) in [6, 6.07) is 12.3. The fourth-order valence-electron chi connectivity index (χ4n) is 1.48. The predicted molar refractivity (Wildman–Crippen MR) is 60.6 cm³/mol. The minimum Gasteiger partial charge on any atom is -0.139 e. The Balaban J connectivity index is 2.21. The summed E-state index contributed by atoms with van der Waals surface area (Å²) >= 11 is 1.72. The minimum atomic E-state index is 0.881. The summed E-state index contributed by atoms with van der Waals surface area (Å²) in [4.78, 5) is 1.13. The topological polar surface area (TPSA) is 38.7 Å². The van der Waals surface area contributed by atoms with E-state index in [9.17, 15) is 0 Å². The molecule has 0 amide bonds. The molecular weight excluding hydrogens is 206 g/mol. The molecule has 3 rings (SSSR count). The molecule has 0 spiro atoms. The van der Waals surface area contributed by atoms with Crippen LogP contribution in [0.2, 0.25) is 0 Å². The number of aromatic nitrogens is 3. The Bertz CT molecular complexity index is 556. The Morgan fingerprint density at radius 1 is 1.07 bits per heavy atom. The third-order valence-corrected chi connectivity index (χ3v) is 3.32. The van der Waals surface area contributed by atoms with Crippen LogP contribution in [-0.4, -0.2) is 15.4 Å². The monoisotopic (exact) mass is 213 g/mol. The Morgan fingerprint density at radius 2 is 2.00 bits per heavy atom. The van der Waals surface area contributed by atoms with Gasteiger partial charge in [-0.3, -0.25) is 0 Å². The quantitative estimate of drug-likeness (QED) is 0.624. The van der Waals surface area contributed by atoms with Gasteiger partial charge in [-0.2, -0.15) is 0 Å². The molecule has 0 aliphatic carbocycles. The Hall–Kier alpha value is -1.81. The van der Waals surface area contributed by atoms with Gasteiger partial charge in [-0.1, -0.05) is 18.2 Å². The van der Waals surface area contributed by atoms with Crippen molar-refractivity contribution in [1.82, 2.24) is 15.4 Å². The average molecular weight is 213 g/mol. The summed E-state index contributed by atoms with van der Waals surface area (Å²) in [6.07, 6.45) is 1.66. The van der Waals surface area contributed by atoms with Gasteiger partial charge in [0.2, 0.25) is 0 Å². The number of fused-ring (bicyclic) bond motifs is 1. The van der Waals surface area contributed by atoms with E-state index in [1.165, 1.54) is 10.1 Å². The lowest BCUT2D eigenvalue weighted by Crippen LogP contribution is -1.86. The van der Waals surface area contributed by atoms with Crippen molar-refractivity contribution < 1.29 is 0 Å². The van der Waals surface area contributed by atoms with Gasteiger partial charge in [0, 0.05) is 4.70 Å². The van der Waals surface area contributed by atoms with Gasteiger partial charge in [-0.15, -0.1) is 21.5 Å². The molecule has 15 heavy (non-hydrogen) atoms. The molecule has 0 saturated heterocycles. The van der Waals surface area contributed by atoms with Crippen LogP contribution in [0.5, 0.6) is 0 Å². The summed E-state index contributed by atoms with van der Waals surface area (Å²) in [7, 11) is 0. The molecule has 3 aromatic rings. The first-order chi connectivity index (χ1) is 7.43. The fraction of sp³-hybridized carbons (Fsp3) is 0. The number of rotatable bonds is 1. The van der Waals surface area contributed by atoms with Crippen LogP contribution in [-0.2, 0) is 0 Å². The van der Waals surface area contributed by atoms with Crippen LogP contribution in [0.25, 0.3) is 20.7 Å². The number of benzene rings is 1. The Morgan fingerprint density at radius 3 is 2.80 bits per heavy atom. The van der Waals surface area contributed by atoms with E-state index in [1.807, 2.05) is 18.2 Å². The first-order valence-corrected chi connectivity index (χ1v) is 5.38. The van der Waals surface area contributed by atoms with Crippen molar-refractivity contribution in [3.8, 4) is 10.6 Å². The van der Waals surface area contributed by atoms with Crippen molar-refractivity contribution in [1.29, 1.82) is 0 Å². The lowest BCUT2D eigenvalue weighted by atomic mass is 10.2. The van der Waals surface area contributed by atoms with Crippen LogP contribution in [0, 0.1) is 0 Å². The van der Waals surface area contributed by atoms with E-state index >= 15 is 0 Å². The lowest BCUT2D eigenvalue weighted by Gasteiger charge is -1.90. The first-order valence-electron chi connectivity index (χ1n) is 4.57. The Kier molecular flexibility index (Phi) is 1.93. The van der Waals surface area contributed by atoms with E-state index in [4.69, 9.17) is 0 Å². The van der Waals surface area contributed by atoms with Crippen molar-refractivity contribution in [2.24, 2.45) is 0 Å². The zero-order chi connectivity index (χ0) is 10.1. The second-order valence-corrected chi connectivity index (χ2v) is 4.24. The van der Waals surface area contributed by atoms with Gasteiger partial charge in [0.05, 0.1) is 11.1 Å². The van der Waals surface area contributed by atoms with E-state index in [-0.39, 0.29) is 0 Å². The van der Waals surface area contributed by atoms with Crippen molar-refractivity contribution >= 4 is 21.4 Å². The summed E-state index contributed by atoms with van der Waals surface area (Å²) in [5.74, 6) is 0. The van der Waals surface area contributed by atoms with E-state index in [1.54, 1.807) is 17.5 Å². The van der Waals surface area contributed by atoms with Crippen LogP contribution >= 0.6 is 11.3 Å². The van der Waals surface area contributed by atoms with Gasteiger partial charge in [-0.05, 0) is 28.8 Å². The van der Waals surface area contributed by atoms with Gasteiger partial charge in [0.25, 0.3) is 0 Å². The van der Waals surface area contributed by atoms with Crippen molar-refractivity contribution in [2.45, 2.75) is 0 Å². The van der Waals surface area contributed by atoms with Crippen LogP contribution < -0.4 is 0 Å². The summed E-state index contributed by atoms with van der Waals surface area (Å²) in [5, 5.41) is 12.5. The normalized spacial score (nSPS) is 10.7. The number of hydrogen-bond donors (Lipinski definition) is 0. The van der Waals surface area contributed by atoms with E-state index in [0.29, 0.717) is 0 Å². The van der Waals surface area contributed by atoms with Gasteiger partial charge >= 0.3 is 0 Å². The average Bonchev–Trinajstić information content (AvgIpc) is 2.74. The van der Waals surface area contributed by atoms with Gasteiger partial charge in [0.1, 0.15) is 5.69 Å². The number of hydrogen-bond acceptors (Lipinski definition) is 4. The first kappa shape index (κ1) is 8.49. The second-order valence-electron chi connectivity index (χ2n) is 3.15.